The molecule has 0 bridgehead atoms. The zero-order chi connectivity index (χ0) is 12.1. The van der Waals surface area contributed by atoms with Crippen molar-refractivity contribution >= 4 is 11.8 Å². The molecule has 5 heteroatoms. The van der Waals surface area contributed by atoms with Crippen molar-refractivity contribution in [2.45, 2.75) is 45.1 Å². The molecule has 0 unspecified atom stereocenters. The van der Waals surface area contributed by atoms with Gasteiger partial charge in [0.25, 0.3) is 0 Å². The van der Waals surface area contributed by atoms with E-state index in [1.807, 2.05) is 13.0 Å². The van der Waals surface area contributed by atoms with Gasteiger partial charge in [0.2, 0.25) is 11.8 Å². The molecule has 5 nitrogen and oxygen atoms in total. The first-order valence-corrected chi connectivity index (χ1v) is 6.33. The van der Waals surface area contributed by atoms with Crippen molar-refractivity contribution in [3.05, 3.63) is 6.07 Å². The van der Waals surface area contributed by atoms with Crippen LogP contribution in [0.5, 0.6) is 5.88 Å². The lowest BCUT2D eigenvalue weighted by molar-refractivity contribution is 0.149. The Labute approximate surface area is 102 Å². The Hall–Kier alpha value is -1.52. The van der Waals surface area contributed by atoms with Crippen LogP contribution < -0.4 is 15.8 Å². The minimum Gasteiger partial charge on any atom is -0.474 e. The van der Waals surface area contributed by atoms with Crippen LogP contribution in [-0.2, 0) is 0 Å². The number of nitrogens with one attached hydrogen (secondary N) is 1. The fraction of sp³-hybridized carbons (Fsp3) is 0.667. The summed E-state index contributed by atoms with van der Waals surface area (Å²) in [7, 11) is 0. The van der Waals surface area contributed by atoms with E-state index < -0.39 is 0 Å². The van der Waals surface area contributed by atoms with Crippen molar-refractivity contribution in [2.24, 2.45) is 0 Å². The third kappa shape index (κ3) is 3.47. The molecule has 0 radical (unpaired) electrons. The van der Waals surface area contributed by atoms with Gasteiger partial charge >= 0.3 is 0 Å². The molecule has 1 aliphatic carbocycles. The highest BCUT2D eigenvalue weighted by atomic mass is 16.5. The zero-order valence-corrected chi connectivity index (χ0v) is 10.3. The molecule has 0 spiro atoms. The van der Waals surface area contributed by atoms with Crippen molar-refractivity contribution in [2.75, 3.05) is 17.6 Å². The average Bonchev–Trinajstić information content (AvgIpc) is 2.30. The monoisotopic (exact) mass is 236 g/mol. The van der Waals surface area contributed by atoms with Gasteiger partial charge in [0.1, 0.15) is 11.9 Å². The summed E-state index contributed by atoms with van der Waals surface area (Å²) in [4.78, 5) is 8.21. The summed E-state index contributed by atoms with van der Waals surface area (Å²) in [5.74, 6) is 1.57. The lowest BCUT2D eigenvalue weighted by Crippen LogP contribution is -2.20. The van der Waals surface area contributed by atoms with E-state index in [9.17, 15) is 0 Å². The molecule has 2 rings (SSSR count). The highest BCUT2D eigenvalue weighted by Gasteiger charge is 2.16. The topological polar surface area (TPSA) is 73.1 Å². The number of aromatic nitrogens is 2. The molecule has 94 valence electrons. The summed E-state index contributed by atoms with van der Waals surface area (Å²) in [6.45, 7) is 2.82. The first-order valence-electron chi connectivity index (χ1n) is 6.33. The molecule has 1 saturated carbocycles. The summed E-state index contributed by atoms with van der Waals surface area (Å²) in [6, 6.07) is 1.81. The molecule has 1 aliphatic rings. The van der Waals surface area contributed by atoms with Crippen LogP contribution >= 0.6 is 0 Å². The van der Waals surface area contributed by atoms with Gasteiger partial charge in [-0.2, -0.15) is 9.97 Å². The number of hydrogen-bond donors (Lipinski definition) is 2. The molecule has 0 aromatic carbocycles. The van der Waals surface area contributed by atoms with Crippen LogP contribution in [0.4, 0.5) is 11.8 Å². The van der Waals surface area contributed by atoms with Gasteiger partial charge in [-0.05, 0) is 32.6 Å². The van der Waals surface area contributed by atoms with Crippen LogP contribution in [0.25, 0.3) is 0 Å². The van der Waals surface area contributed by atoms with Crippen LogP contribution in [-0.4, -0.2) is 22.6 Å². The maximum Gasteiger partial charge on any atom is 0.225 e. The lowest BCUT2D eigenvalue weighted by atomic mass is 9.98. The number of rotatable bonds is 4. The molecular formula is C12H20N4O. The highest BCUT2D eigenvalue weighted by molar-refractivity contribution is 5.42. The molecule has 1 aromatic heterocycles. The molecule has 0 aliphatic heterocycles. The van der Waals surface area contributed by atoms with Gasteiger partial charge < -0.3 is 15.8 Å². The maximum absolute atomic E-state index is 5.85. The molecule has 0 atom stereocenters. The van der Waals surface area contributed by atoms with Gasteiger partial charge in [0.05, 0.1) is 0 Å². The molecule has 0 amide bonds. The van der Waals surface area contributed by atoms with Gasteiger partial charge in [-0.3, -0.25) is 0 Å². The quantitative estimate of drug-likeness (QED) is 0.838. The third-order valence-corrected chi connectivity index (χ3v) is 2.92. The average molecular weight is 236 g/mol. The van der Waals surface area contributed by atoms with Gasteiger partial charge in [-0.15, -0.1) is 0 Å². The Balaban J connectivity index is 2.03. The van der Waals surface area contributed by atoms with E-state index in [4.69, 9.17) is 10.5 Å². The Morgan fingerprint density at radius 3 is 2.82 bits per heavy atom. The normalized spacial score (nSPS) is 16.8. The minimum absolute atomic E-state index is 0.259. The van der Waals surface area contributed by atoms with E-state index in [1.54, 1.807) is 0 Å². The summed E-state index contributed by atoms with van der Waals surface area (Å²) >= 11 is 0. The van der Waals surface area contributed by atoms with Crippen molar-refractivity contribution < 1.29 is 4.74 Å². The fourth-order valence-corrected chi connectivity index (χ4v) is 2.13. The minimum atomic E-state index is 0.259. The van der Waals surface area contributed by atoms with Crippen LogP contribution in [0, 0.1) is 0 Å². The Morgan fingerprint density at radius 1 is 1.35 bits per heavy atom. The predicted molar refractivity (Wildman–Crippen MR) is 68.1 cm³/mol. The molecule has 0 saturated heterocycles. The van der Waals surface area contributed by atoms with Gasteiger partial charge in [-0.25, -0.2) is 0 Å². The summed E-state index contributed by atoms with van der Waals surface area (Å²) in [5, 5.41) is 3.11. The molecule has 1 heterocycles. The van der Waals surface area contributed by atoms with E-state index in [-0.39, 0.29) is 12.1 Å². The third-order valence-electron chi connectivity index (χ3n) is 2.92. The van der Waals surface area contributed by atoms with E-state index in [0.717, 1.165) is 25.2 Å². The SMILES string of the molecule is CCNc1cc(OC2CCCCC2)nc(N)n1. The second-order valence-electron chi connectivity index (χ2n) is 4.36. The summed E-state index contributed by atoms with van der Waals surface area (Å²) < 4.78 is 5.85. The number of hydrogen-bond acceptors (Lipinski definition) is 5. The number of ether oxygens (including phenoxy) is 1. The second kappa shape index (κ2) is 5.70. The number of nitrogens with zero attached hydrogens (tertiary/aromatic N) is 2. The number of nitrogens with two attached hydrogens (primary N) is 1. The Morgan fingerprint density at radius 2 is 2.12 bits per heavy atom. The first kappa shape index (κ1) is 12.0. The van der Waals surface area contributed by atoms with Crippen LogP contribution in [0.2, 0.25) is 0 Å². The van der Waals surface area contributed by atoms with Crippen LogP contribution in [0.1, 0.15) is 39.0 Å². The molecular weight excluding hydrogens is 216 g/mol. The van der Waals surface area contributed by atoms with E-state index in [0.29, 0.717) is 5.88 Å². The van der Waals surface area contributed by atoms with E-state index in [1.165, 1.54) is 19.3 Å². The molecule has 1 aromatic rings. The van der Waals surface area contributed by atoms with Gasteiger partial charge in [0, 0.05) is 12.6 Å². The first-order chi connectivity index (χ1) is 8.28. The summed E-state index contributed by atoms with van der Waals surface area (Å²) in [5.41, 5.74) is 5.65. The van der Waals surface area contributed by atoms with E-state index >= 15 is 0 Å². The highest BCUT2D eigenvalue weighted by Crippen LogP contribution is 2.23. The number of nitrogen functional groups attached to an aromatic ring is 1. The van der Waals surface area contributed by atoms with Crippen molar-refractivity contribution in [1.82, 2.24) is 9.97 Å². The lowest BCUT2D eigenvalue weighted by Gasteiger charge is -2.22. The predicted octanol–water partition coefficient (Wildman–Crippen LogP) is 2.20. The largest absolute Gasteiger partial charge is 0.474 e. The van der Waals surface area contributed by atoms with Crippen molar-refractivity contribution in [3.8, 4) is 5.88 Å². The fourth-order valence-electron chi connectivity index (χ4n) is 2.13. The second-order valence-corrected chi connectivity index (χ2v) is 4.36. The van der Waals surface area contributed by atoms with Gasteiger partial charge in [0.15, 0.2) is 0 Å². The Bertz CT molecular complexity index is 364. The van der Waals surface area contributed by atoms with Crippen LogP contribution in [0.15, 0.2) is 6.07 Å². The van der Waals surface area contributed by atoms with E-state index in [2.05, 4.69) is 15.3 Å². The van der Waals surface area contributed by atoms with Crippen molar-refractivity contribution in [1.29, 1.82) is 0 Å². The summed E-state index contributed by atoms with van der Waals surface area (Å²) in [6.07, 6.45) is 6.30. The number of anilines is 2. The zero-order valence-electron chi connectivity index (χ0n) is 10.3. The molecule has 3 N–H and O–H groups in total. The smallest absolute Gasteiger partial charge is 0.225 e. The molecule has 17 heavy (non-hydrogen) atoms. The standard InChI is InChI=1S/C12H20N4O/c1-2-14-10-8-11(16-12(13)15-10)17-9-6-4-3-5-7-9/h8-9H,2-7H2,1H3,(H3,13,14,15,16). The van der Waals surface area contributed by atoms with Crippen molar-refractivity contribution in [3.63, 3.8) is 0 Å². The Kier molecular flexibility index (Phi) is 4.01. The van der Waals surface area contributed by atoms with Gasteiger partial charge in [-0.1, -0.05) is 6.42 Å². The maximum atomic E-state index is 5.85. The van der Waals surface area contributed by atoms with Crippen LogP contribution in [0.3, 0.4) is 0 Å². The molecule has 1 fully saturated rings.